The maximum atomic E-state index is 12.4. The number of aromatic nitrogens is 3. The van der Waals surface area contributed by atoms with E-state index in [0.29, 0.717) is 17.1 Å². The van der Waals surface area contributed by atoms with Gasteiger partial charge in [-0.3, -0.25) is 4.68 Å². The smallest absolute Gasteiger partial charge is 0.319 e. The van der Waals surface area contributed by atoms with Crippen molar-refractivity contribution in [1.29, 1.82) is 0 Å². The van der Waals surface area contributed by atoms with E-state index in [4.69, 9.17) is 5.14 Å². The molecule has 136 valence electrons. The van der Waals surface area contributed by atoms with E-state index in [1.165, 1.54) is 18.5 Å². The summed E-state index contributed by atoms with van der Waals surface area (Å²) in [7, 11) is -2.10. The van der Waals surface area contributed by atoms with Crippen LogP contribution in [-0.2, 0) is 17.1 Å². The fourth-order valence-electron chi connectivity index (χ4n) is 2.33. The molecule has 1 atom stereocenters. The SMILES string of the molecule is Cc1ccc(S(N)(=O)=O)cc1NC(=O)N[C@H](c1ncnn1C)C(C)C. The lowest BCUT2D eigenvalue weighted by Crippen LogP contribution is -2.36. The number of hydrogen-bond donors (Lipinski definition) is 3. The van der Waals surface area contributed by atoms with Crippen LogP contribution >= 0.6 is 0 Å². The number of primary sulfonamides is 1. The second kappa shape index (κ2) is 7.19. The fraction of sp³-hybridized carbons (Fsp3) is 0.400. The number of carbonyl (C=O) groups is 1. The Morgan fingerprint density at radius 3 is 2.52 bits per heavy atom. The highest BCUT2D eigenvalue weighted by molar-refractivity contribution is 7.89. The summed E-state index contributed by atoms with van der Waals surface area (Å²) < 4.78 is 24.5. The Labute approximate surface area is 146 Å². The van der Waals surface area contributed by atoms with Gasteiger partial charge in [0.05, 0.1) is 10.9 Å². The van der Waals surface area contributed by atoms with Gasteiger partial charge in [-0.2, -0.15) is 5.10 Å². The van der Waals surface area contributed by atoms with Crippen LogP contribution in [0.25, 0.3) is 0 Å². The number of amides is 2. The molecule has 4 N–H and O–H groups in total. The maximum Gasteiger partial charge on any atom is 0.319 e. The first-order valence-electron chi connectivity index (χ1n) is 7.64. The van der Waals surface area contributed by atoms with Gasteiger partial charge in [-0.15, -0.1) is 0 Å². The first-order valence-corrected chi connectivity index (χ1v) is 9.19. The first kappa shape index (κ1) is 18.9. The van der Waals surface area contributed by atoms with Crippen molar-refractivity contribution >= 4 is 21.7 Å². The summed E-state index contributed by atoms with van der Waals surface area (Å²) in [5.41, 5.74) is 1.08. The summed E-state index contributed by atoms with van der Waals surface area (Å²) in [5.74, 6) is 0.700. The Hall–Kier alpha value is -2.46. The Balaban J connectivity index is 2.20. The van der Waals surface area contributed by atoms with Crippen LogP contribution in [0.1, 0.15) is 31.3 Å². The highest BCUT2D eigenvalue weighted by atomic mass is 32.2. The number of nitrogens with zero attached hydrogens (tertiary/aromatic N) is 3. The minimum Gasteiger partial charge on any atom is -0.328 e. The molecule has 9 nitrogen and oxygen atoms in total. The predicted octanol–water partition coefficient (Wildman–Crippen LogP) is 1.29. The van der Waals surface area contributed by atoms with Crippen LogP contribution in [0.3, 0.4) is 0 Å². The van der Waals surface area contributed by atoms with Crippen LogP contribution in [0.5, 0.6) is 0 Å². The number of nitrogens with two attached hydrogens (primary N) is 1. The quantitative estimate of drug-likeness (QED) is 0.733. The van der Waals surface area contributed by atoms with Crippen LogP contribution in [0.15, 0.2) is 29.4 Å². The lowest BCUT2D eigenvalue weighted by atomic mass is 10.0. The second-order valence-electron chi connectivity index (χ2n) is 6.08. The topological polar surface area (TPSA) is 132 Å². The Kier molecular flexibility index (Phi) is 5.43. The van der Waals surface area contributed by atoms with E-state index in [1.54, 1.807) is 24.7 Å². The number of urea groups is 1. The molecule has 1 aromatic heterocycles. The van der Waals surface area contributed by atoms with Crippen molar-refractivity contribution in [3.8, 4) is 0 Å². The summed E-state index contributed by atoms with van der Waals surface area (Å²) in [4.78, 5) is 16.5. The van der Waals surface area contributed by atoms with Gasteiger partial charge in [-0.25, -0.2) is 23.3 Å². The maximum absolute atomic E-state index is 12.4. The van der Waals surface area contributed by atoms with Crippen LogP contribution in [-0.4, -0.2) is 29.2 Å². The Morgan fingerprint density at radius 1 is 1.32 bits per heavy atom. The predicted molar refractivity (Wildman–Crippen MR) is 93.3 cm³/mol. The molecule has 0 radical (unpaired) electrons. The third kappa shape index (κ3) is 4.54. The van der Waals surface area contributed by atoms with Crippen molar-refractivity contribution in [1.82, 2.24) is 20.1 Å². The highest BCUT2D eigenvalue weighted by Gasteiger charge is 2.23. The van der Waals surface area contributed by atoms with E-state index in [9.17, 15) is 13.2 Å². The van der Waals surface area contributed by atoms with E-state index in [2.05, 4.69) is 20.7 Å². The van der Waals surface area contributed by atoms with Crippen LogP contribution < -0.4 is 15.8 Å². The van der Waals surface area contributed by atoms with Gasteiger partial charge in [0.15, 0.2) is 0 Å². The highest BCUT2D eigenvalue weighted by Crippen LogP contribution is 2.21. The molecule has 0 bridgehead atoms. The molecule has 0 aliphatic carbocycles. The number of benzene rings is 1. The van der Waals surface area contributed by atoms with Crippen molar-refractivity contribution in [2.75, 3.05) is 5.32 Å². The van der Waals surface area contributed by atoms with Crippen molar-refractivity contribution < 1.29 is 13.2 Å². The average molecular weight is 366 g/mol. The Morgan fingerprint density at radius 2 is 2.00 bits per heavy atom. The van der Waals surface area contributed by atoms with E-state index in [0.717, 1.165) is 0 Å². The molecule has 2 amide bonds. The van der Waals surface area contributed by atoms with Gasteiger partial charge in [0.1, 0.15) is 12.2 Å². The second-order valence-corrected chi connectivity index (χ2v) is 7.65. The molecular formula is C15H22N6O3S. The van der Waals surface area contributed by atoms with E-state index in [-0.39, 0.29) is 16.9 Å². The summed E-state index contributed by atoms with van der Waals surface area (Å²) in [6, 6.07) is 3.48. The molecule has 2 rings (SSSR count). The molecule has 0 spiro atoms. The zero-order chi connectivity index (χ0) is 18.8. The van der Waals surface area contributed by atoms with Crippen molar-refractivity contribution in [3.63, 3.8) is 0 Å². The largest absolute Gasteiger partial charge is 0.328 e. The van der Waals surface area contributed by atoms with E-state index >= 15 is 0 Å². The molecule has 0 aliphatic heterocycles. The van der Waals surface area contributed by atoms with Gasteiger partial charge < -0.3 is 10.6 Å². The third-order valence-electron chi connectivity index (χ3n) is 3.76. The molecule has 0 fully saturated rings. The molecule has 25 heavy (non-hydrogen) atoms. The monoisotopic (exact) mass is 366 g/mol. The summed E-state index contributed by atoms with van der Waals surface area (Å²) in [5, 5.41) is 14.7. The van der Waals surface area contributed by atoms with E-state index < -0.39 is 16.1 Å². The van der Waals surface area contributed by atoms with Gasteiger partial charge in [0.2, 0.25) is 10.0 Å². The number of nitrogens with one attached hydrogen (secondary N) is 2. The average Bonchev–Trinajstić information content (AvgIpc) is 2.91. The molecule has 0 saturated carbocycles. The van der Waals surface area contributed by atoms with Gasteiger partial charge in [-0.05, 0) is 30.5 Å². The van der Waals surface area contributed by atoms with Crippen LogP contribution in [0.4, 0.5) is 10.5 Å². The zero-order valence-corrected chi connectivity index (χ0v) is 15.3. The summed E-state index contributed by atoms with van der Waals surface area (Å²) >= 11 is 0. The van der Waals surface area contributed by atoms with Crippen LogP contribution in [0, 0.1) is 12.8 Å². The third-order valence-corrected chi connectivity index (χ3v) is 4.67. The summed E-state index contributed by atoms with van der Waals surface area (Å²) in [6.45, 7) is 5.66. The molecule has 0 saturated heterocycles. The van der Waals surface area contributed by atoms with E-state index in [1.807, 2.05) is 13.8 Å². The van der Waals surface area contributed by atoms with Gasteiger partial charge >= 0.3 is 6.03 Å². The van der Waals surface area contributed by atoms with Crippen molar-refractivity contribution in [2.45, 2.75) is 31.7 Å². The number of sulfonamides is 1. The normalized spacial score (nSPS) is 12.9. The first-order chi connectivity index (χ1) is 11.6. The molecule has 0 aliphatic rings. The Bertz CT molecular complexity index is 875. The van der Waals surface area contributed by atoms with Gasteiger partial charge in [0.25, 0.3) is 0 Å². The lowest BCUT2D eigenvalue weighted by Gasteiger charge is -2.22. The molecular weight excluding hydrogens is 344 g/mol. The molecule has 2 aromatic rings. The molecule has 10 heteroatoms. The number of hydrogen-bond acceptors (Lipinski definition) is 5. The van der Waals surface area contributed by atoms with Crippen molar-refractivity contribution in [3.05, 3.63) is 35.9 Å². The molecule has 0 unspecified atom stereocenters. The fourth-order valence-corrected chi connectivity index (χ4v) is 2.87. The standard InChI is InChI=1S/C15H22N6O3S/c1-9(2)13(14-17-8-18-21(14)4)20-15(22)19-12-7-11(25(16,23)24)6-5-10(12)3/h5-9,13H,1-4H3,(H2,16,23,24)(H2,19,20,22)/t13-/m0/s1. The number of aryl methyl sites for hydroxylation is 2. The lowest BCUT2D eigenvalue weighted by molar-refractivity contribution is 0.243. The number of carbonyl (C=O) groups excluding carboxylic acids is 1. The van der Waals surface area contributed by atoms with Gasteiger partial charge in [0, 0.05) is 12.7 Å². The molecule has 1 heterocycles. The van der Waals surface area contributed by atoms with Crippen molar-refractivity contribution in [2.24, 2.45) is 18.1 Å². The zero-order valence-electron chi connectivity index (χ0n) is 14.5. The van der Waals surface area contributed by atoms with Crippen LogP contribution in [0.2, 0.25) is 0 Å². The molecule has 1 aromatic carbocycles. The minimum absolute atomic E-state index is 0.0675. The number of rotatable bonds is 5. The summed E-state index contributed by atoms with van der Waals surface area (Å²) in [6.07, 6.45) is 1.42. The number of anilines is 1. The van der Waals surface area contributed by atoms with Gasteiger partial charge in [-0.1, -0.05) is 19.9 Å². The minimum atomic E-state index is -3.85.